The van der Waals surface area contributed by atoms with Gasteiger partial charge in [0.05, 0.1) is 5.92 Å². The molecule has 4 nitrogen and oxygen atoms in total. The molecule has 0 spiro atoms. The molecule has 0 radical (unpaired) electrons. The van der Waals surface area contributed by atoms with Crippen molar-refractivity contribution in [1.29, 1.82) is 0 Å². The number of hydrogen-bond donors (Lipinski definition) is 2. The Morgan fingerprint density at radius 3 is 2.00 bits per heavy atom. The smallest absolute Gasteiger partial charge is 0.318 e. The second kappa shape index (κ2) is 9.98. The highest BCUT2D eigenvalue weighted by atomic mass is 16.5. The van der Waals surface area contributed by atoms with Crippen molar-refractivity contribution in [2.75, 3.05) is 0 Å². The van der Waals surface area contributed by atoms with Gasteiger partial charge in [0.25, 0.3) is 0 Å². The van der Waals surface area contributed by atoms with Gasteiger partial charge in [-0.1, -0.05) is 62.4 Å². The van der Waals surface area contributed by atoms with Crippen molar-refractivity contribution in [3.8, 4) is 17.2 Å². The molecule has 0 aromatic heterocycles. The topological polar surface area (TPSA) is 66.8 Å². The van der Waals surface area contributed by atoms with Gasteiger partial charge < -0.3 is 14.9 Å². The number of phenolic OH excluding ortho intramolecular Hbond substituents is 2. The molecule has 160 valence electrons. The molecule has 0 saturated heterocycles. The highest BCUT2D eigenvalue weighted by Gasteiger charge is 2.17. The molecule has 3 aromatic rings. The van der Waals surface area contributed by atoms with Gasteiger partial charge >= 0.3 is 5.97 Å². The molecule has 0 saturated carbocycles. The normalized spacial score (nSPS) is 12.3. The van der Waals surface area contributed by atoms with E-state index in [1.54, 1.807) is 30.3 Å². The molecule has 0 fully saturated rings. The second-order valence-electron chi connectivity index (χ2n) is 8.17. The summed E-state index contributed by atoms with van der Waals surface area (Å²) in [5.74, 6) is 0.441. The average molecular weight is 417 g/mol. The van der Waals surface area contributed by atoms with Crippen LogP contribution < -0.4 is 4.74 Å². The number of rotatable bonds is 7. The number of phenols is 2. The molecule has 0 aliphatic carbocycles. The Morgan fingerprint density at radius 1 is 0.839 bits per heavy atom. The van der Waals surface area contributed by atoms with Crippen LogP contribution in [0.25, 0.3) is 12.2 Å². The molecule has 0 aliphatic heterocycles. The van der Waals surface area contributed by atoms with Gasteiger partial charge in [0, 0.05) is 6.07 Å². The molecule has 0 amide bonds. The van der Waals surface area contributed by atoms with Crippen LogP contribution in [0.1, 0.15) is 48.9 Å². The Balaban J connectivity index is 1.61. The van der Waals surface area contributed by atoms with Crippen molar-refractivity contribution in [1.82, 2.24) is 0 Å². The predicted octanol–water partition coefficient (Wildman–Crippen LogP) is 6.18. The first-order valence-corrected chi connectivity index (χ1v) is 10.4. The lowest BCUT2D eigenvalue weighted by Crippen LogP contribution is -2.16. The maximum absolute atomic E-state index is 12.6. The number of carbonyl (C=O) groups excluding carboxylic acids is 1. The number of hydrogen-bond acceptors (Lipinski definition) is 4. The Morgan fingerprint density at radius 2 is 1.42 bits per heavy atom. The van der Waals surface area contributed by atoms with E-state index < -0.39 is 0 Å². The molecule has 4 heteroatoms. The second-order valence-corrected chi connectivity index (χ2v) is 8.17. The summed E-state index contributed by atoms with van der Waals surface area (Å²) >= 11 is 0. The molecule has 0 bridgehead atoms. The lowest BCUT2D eigenvalue weighted by atomic mass is 9.97. The Hall–Kier alpha value is -3.53. The third-order valence-corrected chi connectivity index (χ3v) is 4.97. The highest BCUT2D eigenvalue weighted by molar-refractivity contribution is 5.80. The van der Waals surface area contributed by atoms with Crippen LogP contribution in [0, 0.1) is 5.92 Å². The molecular weight excluding hydrogens is 388 g/mol. The summed E-state index contributed by atoms with van der Waals surface area (Å²) < 4.78 is 5.55. The van der Waals surface area contributed by atoms with Crippen LogP contribution in [-0.2, 0) is 11.2 Å². The standard InChI is InChI=1S/C27H28O4/c1-18(2)14-21-6-10-23(11-7-21)19(3)27(30)31-26-12-8-20(9-13-26)4-5-22-15-24(28)17-25(29)16-22/h4-13,15-19,28-29H,14H2,1-3H3. The largest absolute Gasteiger partial charge is 0.508 e. The van der Waals surface area contributed by atoms with E-state index in [1.807, 2.05) is 37.3 Å². The SMILES string of the molecule is CC(C)Cc1ccc(C(C)C(=O)Oc2ccc(C=Cc3cc(O)cc(O)c3)cc2)cc1. The van der Waals surface area contributed by atoms with Gasteiger partial charge in [-0.15, -0.1) is 0 Å². The number of carbonyl (C=O) groups is 1. The molecule has 1 unspecified atom stereocenters. The third-order valence-electron chi connectivity index (χ3n) is 4.97. The van der Waals surface area contributed by atoms with Crippen LogP contribution in [0.15, 0.2) is 66.7 Å². The number of benzene rings is 3. The van der Waals surface area contributed by atoms with E-state index in [1.165, 1.54) is 11.6 Å². The quantitative estimate of drug-likeness (QED) is 0.274. The first kappa shape index (κ1) is 22.2. The van der Waals surface area contributed by atoms with E-state index in [4.69, 9.17) is 4.74 Å². The van der Waals surface area contributed by atoms with Crippen LogP contribution in [0.2, 0.25) is 0 Å². The van der Waals surface area contributed by atoms with Gasteiger partial charge in [0.2, 0.25) is 0 Å². The number of aromatic hydroxyl groups is 2. The third kappa shape index (κ3) is 6.48. The molecule has 2 N–H and O–H groups in total. The Kier molecular flexibility index (Phi) is 7.14. The Bertz CT molecular complexity index is 1030. The van der Waals surface area contributed by atoms with Gasteiger partial charge in [-0.2, -0.15) is 0 Å². The van der Waals surface area contributed by atoms with Crippen molar-refractivity contribution >= 4 is 18.1 Å². The molecule has 1 atom stereocenters. The van der Waals surface area contributed by atoms with Crippen molar-refractivity contribution in [2.45, 2.75) is 33.1 Å². The lowest BCUT2D eigenvalue weighted by molar-refractivity contribution is -0.135. The van der Waals surface area contributed by atoms with Crippen molar-refractivity contribution in [3.63, 3.8) is 0 Å². The molecule has 31 heavy (non-hydrogen) atoms. The number of esters is 1. The predicted molar refractivity (Wildman–Crippen MR) is 124 cm³/mol. The summed E-state index contributed by atoms with van der Waals surface area (Å²) in [6.07, 6.45) is 4.65. The molecular formula is C27H28O4. The highest BCUT2D eigenvalue weighted by Crippen LogP contribution is 2.24. The van der Waals surface area contributed by atoms with Gasteiger partial charge in [0.15, 0.2) is 0 Å². The minimum absolute atomic E-state index is 0.00518. The zero-order valence-electron chi connectivity index (χ0n) is 18.1. The average Bonchev–Trinajstić information content (AvgIpc) is 2.72. The molecule has 0 heterocycles. The molecule has 3 aromatic carbocycles. The zero-order chi connectivity index (χ0) is 22.4. The summed E-state index contributed by atoms with van der Waals surface area (Å²) in [6, 6.07) is 19.7. The zero-order valence-corrected chi connectivity index (χ0v) is 18.1. The first-order valence-electron chi connectivity index (χ1n) is 10.4. The van der Waals surface area contributed by atoms with Gasteiger partial charge in [-0.25, -0.2) is 0 Å². The fourth-order valence-corrected chi connectivity index (χ4v) is 3.31. The minimum Gasteiger partial charge on any atom is -0.508 e. The van der Waals surface area contributed by atoms with Crippen LogP contribution in [0.5, 0.6) is 17.2 Å². The monoisotopic (exact) mass is 416 g/mol. The minimum atomic E-state index is -0.355. The Labute approximate surface area is 183 Å². The van der Waals surface area contributed by atoms with Gasteiger partial charge in [-0.3, -0.25) is 4.79 Å². The van der Waals surface area contributed by atoms with Crippen LogP contribution in [0.4, 0.5) is 0 Å². The van der Waals surface area contributed by atoms with Gasteiger partial charge in [-0.05, 0) is 65.8 Å². The fourth-order valence-electron chi connectivity index (χ4n) is 3.31. The summed E-state index contributed by atoms with van der Waals surface area (Å²) in [7, 11) is 0. The summed E-state index contributed by atoms with van der Waals surface area (Å²) in [6.45, 7) is 6.22. The van der Waals surface area contributed by atoms with E-state index in [0.717, 1.165) is 17.5 Å². The van der Waals surface area contributed by atoms with E-state index in [9.17, 15) is 15.0 Å². The van der Waals surface area contributed by atoms with Crippen molar-refractivity contribution in [3.05, 3.63) is 89.0 Å². The first-order chi connectivity index (χ1) is 14.8. The van der Waals surface area contributed by atoms with Crippen molar-refractivity contribution in [2.24, 2.45) is 5.92 Å². The van der Waals surface area contributed by atoms with E-state index >= 15 is 0 Å². The van der Waals surface area contributed by atoms with E-state index in [2.05, 4.69) is 26.0 Å². The number of ether oxygens (including phenoxy) is 1. The maximum Gasteiger partial charge on any atom is 0.318 e. The van der Waals surface area contributed by atoms with Crippen LogP contribution in [0.3, 0.4) is 0 Å². The maximum atomic E-state index is 12.6. The molecule has 0 aliphatic rings. The molecule has 3 rings (SSSR count). The lowest BCUT2D eigenvalue weighted by Gasteiger charge is -2.13. The van der Waals surface area contributed by atoms with E-state index in [0.29, 0.717) is 17.2 Å². The summed E-state index contributed by atoms with van der Waals surface area (Å²) in [5.41, 5.74) is 3.79. The summed E-state index contributed by atoms with van der Waals surface area (Å²) in [4.78, 5) is 12.6. The summed E-state index contributed by atoms with van der Waals surface area (Å²) in [5, 5.41) is 19.1. The van der Waals surface area contributed by atoms with E-state index in [-0.39, 0.29) is 23.4 Å². The van der Waals surface area contributed by atoms with Crippen molar-refractivity contribution < 1.29 is 19.7 Å². The van der Waals surface area contributed by atoms with Gasteiger partial charge in [0.1, 0.15) is 17.2 Å². The van der Waals surface area contributed by atoms with Crippen LogP contribution in [-0.4, -0.2) is 16.2 Å². The fraction of sp³-hybridized carbons (Fsp3) is 0.222. The van der Waals surface area contributed by atoms with Crippen LogP contribution >= 0.6 is 0 Å².